The lowest BCUT2D eigenvalue weighted by atomic mass is 10.1. The van der Waals surface area contributed by atoms with Crippen molar-refractivity contribution in [2.45, 2.75) is 6.54 Å². The molecule has 2 nitrogen and oxygen atoms in total. The summed E-state index contributed by atoms with van der Waals surface area (Å²) in [6.07, 6.45) is 0. The third-order valence-electron chi connectivity index (χ3n) is 2.61. The molecule has 1 N–H and O–H groups in total. The first-order valence-electron chi connectivity index (χ1n) is 5.60. The van der Waals surface area contributed by atoms with Crippen molar-refractivity contribution in [1.82, 2.24) is 5.32 Å². The fourth-order valence-corrected chi connectivity index (χ4v) is 1.78. The zero-order valence-corrected chi connectivity index (χ0v) is 10.6. The molecular weight excluding hydrogens is 246 g/mol. The van der Waals surface area contributed by atoms with Gasteiger partial charge >= 0.3 is 0 Å². The molecule has 0 bridgehead atoms. The quantitative estimate of drug-likeness (QED) is 0.898. The standard InChI is InChI=1S/C15H13ClNO/c1-11-6-8-12(9-7-11)15(18)17-10-13-4-2-3-5-14(13)16/h2-9H,1,10H2,(H,17,18). The van der Waals surface area contributed by atoms with E-state index >= 15 is 0 Å². The van der Waals surface area contributed by atoms with E-state index in [1.54, 1.807) is 18.2 Å². The number of carbonyl (C=O) groups excluding carboxylic acids is 1. The molecule has 1 radical (unpaired) electrons. The largest absolute Gasteiger partial charge is 0.348 e. The Bertz CT molecular complexity index is 549. The van der Waals surface area contributed by atoms with Crippen LogP contribution in [0.2, 0.25) is 5.02 Å². The lowest BCUT2D eigenvalue weighted by Gasteiger charge is -2.07. The highest BCUT2D eigenvalue weighted by molar-refractivity contribution is 6.31. The van der Waals surface area contributed by atoms with E-state index in [0.717, 1.165) is 11.1 Å². The van der Waals surface area contributed by atoms with Gasteiger partial charge in [-0.25, -0.2) is 0 Å². The molecule has 2 aromatic carbocycles. The number of amides is 1. The number of halogens is 1. The van der Waals surface area contributed by atoms with Crippen molar-refractivity contribution in [3.63, 3.8) is 0 Å². The minimum Gasteiger partial charge on any atom is -0.348 e. The lowest BCUT2D eigenvalue weighted by molar-refractivity contribution is 0.0951. The molecule has 0 saturated heterocycles. The molecule has 0 aliphatic heterocycles. The lowest BCUT2D eigenvalue weighted by Crippen LogP contribution is -2.22. The Morgan fingerprint density at radius 3 is 2.44 bits per heavy atom. The number of carbonyl (C=O) groups is 1. The molecule has 2 rings (SSSR count). The summed E-state index contributed by atoms with van der Waals surface area (Å²) in [5, 5.41) is 3.49. The van der Waals surface area contributed by atoms with E-state index in [1.165, 1.54) is 0 Å². The number of benzene rings is 2. The van der Waals surface area contributed by atoms with Gasteiger partial charge in [-0.05, 0) is 36.2 Å². The third kappa shape index (κ3) is 3.11. The van der Waals surface area contributed by atoms with E-state index in [0.29, 0.717) is 17.1 Å². The number of hydrogen-bond donors (Lipinski definition) is 1. The molecule has 0 aromatic heterocycles. The van der Waals surface area contributed by atoms with E-state index in [4.69, 9.17) is 11.6 Å². The molecule has 0 atom stereocenters. The smallest absolute Gasteiger partial charge is 0.251 e. The van der Waals surface area contributed by atoms with Crippen LogP contribution in [0.25, 0.3) is 0 Å². The first kappa shape index (κ1) is 12.7. The average molecular weight is 259 g/mol. The summed E-state index contributed by atoms with van der Waals surface area (Å²) in [6, 6.07) is 14.6. The van der Waals surface area contributed by atoms with Gasteiger partial charge in [0.05, 0.1) is 0 Å². The highest BCUT2D eigenvalue weighted by atomic mass is 35.5. The Morgan fingerprint density at radius 2 is 1.78 bits per heavy atom. The van der Waals surface area contributed by atoms with Crippen LogP contribution in [0.15, 0.2) is 48.5 Å². The van der Waals surface area contributed by atoms with Crippen molar-refractivity contribution < 1.29 is 4.79 Å². The number of nitrogens with one attached hydrogen (secondary N) is 1. The molecule has 0 spiro atoms. The second-order valence-corrected chi connectivity index (χ2v) is 4.38. The molecule has 0 heterocycles. The predicted molar refractivity (Wildman–Crippen MR) is 73.5 cm³/mol. The summed E-state index contributed by atoms with van der Waals surface area (Å²) in [5.41, 5.74) is 2.41. The molecule has 0 unspecified atom stereocenters. The van der Waals surface area contributed by atoms with Gasteiger partial charge in [0.2, 0.25) is 0 Å². The van der Waals surface area contributed by atoms with Gasteiger partial charge in [-0.1, -0.05) is 41.9 Å². The van der Waals surface area contributed by atoms with Crippen LogP contribution in [-0.2, 0) is 6.54 Å². The van der Waals surface area contributed by atoms with Crippen LogP contribution in [0.1, 0.15) is 21.5 Å². The van der Waals surface area contributed by atoms with Crippen molar-refractivity contribution in [2.75, 3.05) is 0 Å². The van der Waals surface area contributed by atoms with Gasteiger partial charge < -0.3 is 5.32 Å². The minimum absolute atomic E-state index is 0.116. The summed E-state index contributed by atoms with van der Waals surface area (Å²) < 4.78 is 0. The molecule has 91 valence electrons. The summed E-state index contributed by atoms with van der Waals surface area (Å²) in [6.45, 7) is 4.20. The van der Waals surface area contributed by atoms with Crippen molar-refractivity contribution in [1.29, 1.82) is 0 Å². The summed E-state index contributed by atoms with van der Waals surface area (Å²) >= 11 is 6.01. The van der Waals surface area contributed by atoms with E-state index in [2.05, 4.69) is 12.2 Å². The Morgan fingerprint density at radius 1 is 1.11 bits per heavy atom. The van der Waals surface area contributed by atoms with Gasteiger partial charge in [0.1, 0.15) is 0 Å². The second-order valence-electron chi connectivity index (χ2n) is 3.97. The molecule has 0 saturated carbocycles. The highest BCUT2D eigenvalue weighted by Crippen LogP contribution is 2.14. The SMILES string of the molecule is [CH2]c1ccc(C(=O)NCc2ccccc2Cl)cc1. The summed E-state index contributed by atoms with van der Waals surface area (Å²) in [5.74, 6) is -0.116. The maximum Gasteiger partial charge on any atom is 0.251 e. The predicted octanol–water partition coefficient (Wildman–Crippen LogP) is 3.45. The van der Waals surface area contributed by atoms with Gasteiger partial charge in [0, 0.05) is 17.1 Å². The maximum absolute atomic E-state index is 11.9. The van der Waals surface area contributed by atoms with Crippen molar-refractivity contribution in [2.24, 2.45) is 0 Å². The van der Waals surface area contributed by atoms with E-state index < -0.39 is 0 Å². The molecular formula is C15H13ClNO. The van der Waals surface area contributed by atoms with Gasteiger partial charge in [-0.3, -0.25) is 4.79 Å². The van der Waals surface area contributed by atoms with Crippen molar-refractivity contribution >= 4 is 17.5 Å². The Kier molecular flexibility index (Phi) is 4.00. The summed E-state index contributed by atoms with van der Waals surface area (Å²) in [7, 11) is 0. The van der Waals surface area contributed by atoms with Crippen LogP contribution in [0.4, 0.5) is 0 Å². The van der Waals surface area contributed by atoms with E-state index in [-0.39, 0.29) is 5.91 Å². The molecule has 1 amide bonds. The molecule has 3 heteroatoms. The van der Waals surface area contributed by atoms with Gasteiger partial charge in [-0.2, -0.15) is 0 Å². The third-order valence-corrected chi connectivity index (χ3v) is 2.98. The normalized spacial score (nSPS) is 10.1. The molecule has 2 aromatic rings. The van der Waals surface area contributed by atoms with Crippen LogP contribution >= 0.6 is 11.6 Å². The molecule has 0 aliphatic carbocycles. The zero-order chi connectivity index (χ0) is 13.0. The van der Waals surface area contributed by atoms with Crippen LogP contribution in [-0.4, -0.2) is 5.91 Å². The highest BCUT2D eigenvalue weighted by Gasteiger charge is 2.05. The van der Waals surface area contributed by atoms with Crippen molar-refractivity contribution in [3.8, 4) is 0 Å². The van der Waals surface area contributed by atoms with Crippen LogP contribution in [0.5, 0.6) is 0 Å². The van der Waals surface area contributed by atoms with E-state index in [1.807, 2.05) is 30.3 Å². The fraction of sp³-hybridized carbons (Fsp3) is 0.0667. The molecule has 0 aliphatic rings. The van der Waals surface area contributed by atoms with Crippen LogP contribution < -0.4 is 5.32 Å². The second kappa shape index (κ2) is 5.69. The topological polar surface area (TPSA) is 29.1 Å². The Balaban J connectivity index is 2.01. The first-order chi connectivity index (χ1) is 8.66. The van der Waals surface area contributed by atoms with Gasteiger partial charge in [0.25, 0.3) is 5.91 Å². The fourth-order valence-electron chi connectivity index (χ4n) is 1.58. The van der Waals surface area contributed by atoms with Crippen LogP contribution in [0.3, 0.4) is 0 Å². The molecule has 18 heavy (non-hydrogen) atoms. The number of hydrogen-bond acceptors (Lipinski definition) is 1. The monoisotopic (exact) mass is 258 g/mol. The summed E-state index contributed by atoms with van der Waals surface area (Å²) in [4.78, 5) is 11.9. The van der Waals surface area contributed by atoms with Crippen molar-refractivity contribution in [3.05, 3.63) is 77.2 Å². The maximum atomic E-state index is 11.9. The van der Waals surface area contributed by atoms with Gasteiger partial charge in [0.15, 0.2) is 0 Å². The van der Waals surface area contributed by atoms with Crippen LogP contribution in [0, 0.1) is 6.92 Å². The molecule has 0 fully saturated rings. The Labute approximate surface area is 112 Å². The van der Waals surface area contributed by atoms with E-state index in [9.17, 15) is 4.79 Å². The van der Waals surface area contributed by atoms with Gasteiger partial charge in [-0.15, -0.1) is 0 Å². The minimum atomic E-state index is -0.116. The average Bonchev–Trinajstić information content (AvgIpc) is 2.38. The number of rotatable bonds is 3. The Hall–Kier alpha value is -1.80. The zero-order valence-electron chi connectivity index (χ0n) is 9.82. The first-order valence-corrected chi connectivity index (χ1v) is 5.98.